The summed E-state index contributed by atoms with van der Waals surface area (Å²) in [5.74, 6) is 0.822. The molecule has 0 saturated heterocycles. The Labute approximate surface area is 195 Å². The normalized spacial score (nSPS) is 15.1. The molecular weight excluding hydrogens is 439 g/mol. The van der Waals surface area contributed by atoms with Gasteiger partial charge in [0, 0.05) is 7.05 Å². The van der Waals surface area contributed by atoms with Crippen molar-refractivity contribution in [3.63, 3.8) is 0 Å². The summed E-state index contributed by atoms with van der Waals surface area (Å²) < 4.78 is 21.9. The predicted molar refractivity (Wildman–Crippen MR) is 126 cm³/mol. The van der Waals surface area contributed by atoms with E-state index in [0.717, 1.165) is 11.3 Å². The fourth-order valence-corrected chi connectivity index (χ4v) is 4.70. The zero-order chi connectivity index (χ0) is 22.8. The number of amides is 1. The fourth-order valence-electron chi connectivity index (χ4n) is 3.93. The second-order valence-corrected chi connectivity index (χ2v) is 8.55. The van der Waals surface area contributed by atoms with Gasteiger partial charge in [-0.1, -0.05) is 66.4 Å². The summed E-state index contributed by atoms with van der Waals surface area (Å²) in [5, 5.41) is 8.87. The van der Waals surface area contributed by atoms with Crippen LogP contribution in [0.3, 0.4) is 0 Å². The number of anilines is 1. The Balaban J connectivity index is 1.40. The Morgan fingerprint density at radius 3 is 2.58 bits per heavy atom. The Morgan fingerprint density at radius 2 is 1.76 bits per heavy atom. The van der Waals surface area contributed by atoms with Gasteiger partial charge in [-0.3, -0.25) is 9.69 Å². The molecule has 1 atom stereocenters. The van der Waals surface area contributed by atoms with Crippen LogP contribution in [0, 0.1) is 5.82 Å². The van der Waals surface area contributed by atoms with Crippen LogP contribution in [0.2, 0.25) is 0 Å². The van der Waals surface area contributed by atoms with Gasteiger partial charge in [0.05, 0.1) is 23.0 Å². The number of para-hydroxylation sites is 2. The van der Waals surface area contributed by atoms with Crippen molar-refractivity contribution < 1.29 is 13.9 Å². The van der Waals surface area contributed by atoms with E-state index >= 15 is 0 Å². The van der Waals surface area contributed by atoms with E-state index in [2.05, 4.69) is 10.2 Å². The smallest absolute Gasteiger partial charge is 0.238 e. The van der Waals surface area contributed by atoms with Gasteiger partial charge in [0.25, 0.3) is 0 Å². The van der Waals surface area contributed by atoms with Gasteiger partial charge in [0.1, 0.15) is 18.2 Å². The van der Waals surface area contributed by atoms with Crippen molar-refractivity contribution in [2.24, 2.45) is 7.05 Å². The third-order valence-electron chi connectivity index (χ3n) is 5.56. The average molecular weight is 461 g/mol. The van der Waals surface area contributed by atoms with E-state index < -0.39 is 0 Å². The Bertz CT molecular complexity index is 1290. The van der Waals surface area contributed by atoms with E-state index in [4.69, 9.17) is 4.74 Å². The van der Waals surface area contributed by atoms with Gasteiger partial charge in [-0.05, 0) is 29.8 Å². The molecule has 0 aliphatic carbocycles. The largest absolute Gasteiger partial charge is 0.489 e. The van der Waals surface area contributed by atoms with Crippen LogP contribution in [0.1, 0.15) is 11.6 Å². The van der Waals surface area contributed by atoms with Crippen molar-refractivity contribution in [1.29, 1.82) is 0 Å². The molecule has 0 fully saturated rings. The molecule has 6 nitrogen and oxygen atoms in total. The summed E-state index contributed by atoms with van der Waals surface area (Å²) in [6.45, 7) is 0.374. The molecule has 0 spiro atoms. The van der Waals surface area contributed by atoms with Gasteiger partial charge in [-0.2, -0.15) is 0 Å². The van der Waals surface area contributed by atoms with Crippen LogP contribution < -0.4 is 9.64 Å². The van der Waals surface area contributed by atoms with Gasteiger partial charge in [-0.25, -0.2) is 4.39 Å². The minimum atomic E-state index is -0.365. The molecule has 5 rings (SSSR count). The first-order valence-electron chi connectivity index (χ1n) is 10.5. The number of hydrogen-bond acceptors (Lipinski definition) is 5. The Hall–Kier alpha value is -3.65. The van der Waals surface area contributed by atoms with E-state index in [9.17, 15) is 9.18 Å². The highest BCUT2D eigenvalue weighted by atomic mass is 32.2. The zero-order valence-corrected chi connectivity index (χ0v) is 18.7. The number of carbonyl (C=O) groups is 1. The number of carbonyl (C=O) groups excluding carboxylic acids is 1. The van der Waals surface area contributed by atoms with Crippen molar-refractivity contribution in [3.8, 4) is 17.1 Å². The molecule has 4 aromatic rings. The summed E-state index contributed by atoms with van der Waals surface area (Å²) in [6.07, 6.45) is 0. The first kappa shape index (κ1) is 21.2. The molecule has 0 radical (unpaired) electrons. The van der Waals surface area contributed by atoms with Crippen molar-refractivity contribution >= 4 is 23.4 Å². The molecule has 0 unspecified atom stereocenters. The molecule has 1 aromatic heterocycles. The van der Waals surface area contributed by atoms with E-state index in [1.54, 1.807) is 34.7 Å². The summed E-state index contributed by atoms with van der Waals surface area (Å²) in [6, 6.07) is 23.6. The highest BCUT2D eigenvalue weighted by Crippen LogP contribution is 2.40. The van der Waals surface area contributed by atoms with Crippen molar-refractivity contribution in [2.75, 3.05) is 17.3 Å². The van der Waals surface area contributed by atoms with Crippen molar-refractivity contribution in [2.45, 2.75) is 11.2 Å². The number of nitrogens with zero attached hydrogens (tertiary/aromatic N) is 4. The lowest BCUT2D eigenvalue weighted by atomic mass is 10.0. The van der Waals surface area contributed by atoms with Crippen LogP contribution in [0.25, 0.3) is 11.4 Å². The molecule has 0 saturated carbocycles. The molecule has 1 amide bonds. The maximum Gasteiger partial charge on any atom is 0.238 e. The quantitative estimate of drug-likeness (QED) is 0.397. The molecule has 1 aliphatic rings. The minimum absolute atomic E-state index is 0.0694. The van der Waals surface area contributed by atoms with Crippen LogP contribution in [0.4, 0.5) is 10.1 Å². The summed E-state index contributed by atoms with van der Waals surface area (Å²) >= 11 is 1.28. The first-order valence-corrected chi connectivity index (χ1v) is 11.5. The van der Waals surface area contributed by atoms with Gasteiger partial charge in [-0.15, -0.1) is 10.2 Å². The molecule has 8 heteroatoms. The van der Waals surface area contributed by atoms with Crippen LogP contribution >= 0.6 is 11.8 Å². The zero-order valence-electron chi connectivity index (χ0n) is 17.9. The predicted octanol–water partition coefficient (Wildman–Crippen LogP) is 4.88. The summed E-state index contributed by atoms with van der Waals surface area (Å²) in [7, 11) is 1.77. The maximum atomic E-state index is 14.2. The standard InChI is InChI=1S/C25H21FN4O2S/c1-29-24(18-11-5-6-12-19(18)26)27-28-25(29)33-16-23(31)30-20-13-7-8-14-22(20)32-15-21(30)17-9-3-2-4-10-17/h2-14,21H,15-16H2,1H3/t21-/m0/s1. The fraction of sp³-hybridized carbons (Fsp3) is 0.160. The molecule has 33 heavy (non-hydrogen) atoms. The molecule has 3 aromatic carbocycles. The monoisotopic (exact) mass is 460 g/mol. The molecular formula is C25H21FN4O2S. The number of aromatic nitrogens is 3. The third-order valence-corrected chi connectivity index (χ3v) is 6.57. The van der Waals surface area contributed by atoms with Gasteiger partial charge >= 0.3 is 0 Å². The molecule has 0 bridgehead atoms. The number of halogens is 1. The summed E-state index contributed by atoms with van der Waals surface area (Å²) in [4.78, 5) is 15.3. The number of fused-ring (bicyclic) bond motifs is 1. The first-order chi connectivity index (χ1) is 16.1. The summed E-state index contributed by atoms with van der Waals surface area (Å²) in [5.41, 5.74) is 2.12. The van der Waals surface area contributed by atoms with E-state index in [1.807, 2.05) is 54.6 Å². The third kappa shape index (κ3) is 4.09. The molecule has 166 valence electrons. The van der Waals surface area contributed by atoms with Crippen molar-refractivity contribution in [1.82, 2.24) is 14.8 Å². The maximum absolute atomic E-state index is 14.2. The number of benzene rings is 3. The Morgan fingerprint density at radius 1 is 1.03 bits per heavy atom. The van der Waals surface area contributed by atoms with Gasteiger partial charge in [0.15, 0.2) is 11.0 Å². The van der Waals surface area contributed by atoms with E-state index in [1.165, 1.54) is 17.8 Å². The second-order valence-electron chi connectivity index (χ2n) is 7.60. The second kappa shape index (κ2) is 9.07. The molecule has 1 aliphatic heterocycles. The lowest BCUT2D eigenvalue weighted by molar-refractivity contribution is -0.117. The molecule has 2 heterocycles. The SMILES string of the molecule is Cn1c(SCC(=O)N2c3ccccc3OC[C@H]2c2ccccc2)nnc1-c1ccccc1F. The number of ether oxygens (including phenoxy) is 1. The molecule has 0 N–H and O–H groups in total. The van der Waals surface area contributed by atoms with Crippen LogP contribution in [-0.4, -0.2) is 33.0 Å². The van der Waals surface area contributed by atoms with E-state index in [-0.39, 0.29) is 23.5 Å². The van der Waals surface area contributed by atoms with Crippen molar-refractivity contribution in [3.05, 3.63) is 90.2 Å². The van der Waals surface area contributed by atoms with Gasteiger partial charge in [0.2, 0.25) is 5.91 Å². The minimum Gasteiger partial charge on any atom is -0.489 e. The number of thioether (sulfide) groups is 1. The number of hydrogen-bond donors (Lipinski definition) is 0. The highest BCUT2D eigenvalue weighted by Gasteiger charge is 2.33. The lowest BCUT2D eigenvalue weighted by Crippen LogP contribution is -2.42. The van der Waals surface area contributed by atoms with Crippen LogP contribution in [-0.2, 0) is 11.8 Å². The lowest BCUT2D eigenvalue weighted by Gasteiger charge is -2.37. The number of rotatable bonds is 5. The van der Waals surface area contributed by atoms with Crippen LogP contribution in [0.5, 0.6) is 5.75 Å². The average Bonchev–Trinajstić information content (AvgIpc) is 3.22. The van der Waals surface area contributed by atoms with E-state index in [0.29, 0.717) is 28.9 Å². The topological polar surface area (TPSA) is 60.2 Å². The van der Waals surface area contributed by atoms with Crippen LogP contribution in [0.15, 0.2) is 84.0 Å². The van der Waals surface area contributed by atoms with Gasteiger partial charge < -0.3 is 9.30 Å². The Kier molecular flexibility index (Phi) is 5.83. The highest BCUT2D eigenvalue weighted by molar-refractivity contribution is 7.99.